The van der Waals surface area contributed by atoms with Gasteiger partial charge in [-0.3, -0.25) is 0 Å². The van der Waals surface area contributed by atoms with Crippen LogP contribution in [0.5, 0.6) is 0 Å². The first kappa shape index (κ1) is 32.1. The topological polar surface area (TPSA) is 3.24 Å². The van der Waals surface area contributed by atoms with Gasteiger partial charge < -0.3 is 4.90 Å². The van der Waals surface area contributed by atoms with Crippen LogP contribution in [0.1, 0.15) is 53.6 Å². The number of benzene rings is 8. The van der Waals surface area contributed by atoms with Gasteiger partial charge in [0.2, 0.25) is 0 Å². The highest BCUT2D eigenvalue weighted by atomic mass is 32.1. The predicted molar refractivity (Wildman–Crippen MR) is 237 cm³/mol. The SMILES string of the molecule is CC1(C)c2ccccc2-c2cccc(-c3ccccc3N(c3ccc4c(c3)C3(CCc5ccccc53)c3ccccc3-4)c3cccc4sc5ccccc5c34)c21. The average Bonchev–Trinajstić information content (AvgIpc) is 3.97. The van der Waals surface area contributed by atoms with Crippen LogP contribution in [-0.4, -0.2) is 0 Å². The Balaban J connectivity index is 1.15. The molecule has 1 spiro atoms. The quantitative estimate of drug-likeness (QED) is 0.174. The average molecular weight is 734 g/mol. The minimum atomic E-state index is -0.180. The van der Waals surface area contributed by atoms with Crippen molar-refractivity contribution in [3.8, 4) is 33.4 Å². The van der Waals surface area contributed by atoms with Gasteiger partial charge in [-0.25, -0.2) is 0 Å². The number of rotatable bonds is 4. The molecule has 9 aromatic rings. The first-order valence-corrected chi connectivity index (χ1v) is 20.7. The number of para-hydroxylation sites is 1. The van der Waals surface area contributed by atoms with Crippen molar-refractivity contribution in [1.82, 2.24) is 0 Å². The lowest BCUT2D eigenvalue weighted by Crippen LogP contribution is -2.24. The third-order valence-corrected chi connectivity index (χ3v) is 14.4. The van der Waals surface area contributed by atoms with Crippen molar-refractivity contribution in [2.45, 2.75) is 37.5 Å². The van der Waals surface area contributed by atoms with E-state index in [2.05, 4.69) is 195 Å². The summed E-state index contributed by atoms with van der Waals surface area (Å²) in [5, 5.41) is 2.61. The smallest absolute Gasteiger partial charge is 0.0555 e. The molecule has 0 bridgehead atoms. The minimum Gasteiger partial charge on any atom is -0.309 e. The Hall–Kier alpha value is -6.22. The molecule has 1 heterocycles. The second-order valence-electron chi connectivity index (χ2n) is 16.3. The molecule has 0 fully saturated rings. The van der Waals surface area contributed by atoms with E-state index in [9.17, 15) is 0 Å². The van der Waals surface area contributed by atoms with Crippen molar-refractivity contribution >= 4 is 48.6 Å². The second-order valence-corrected chi connectivity index (χ2v) is 17.4. The minimum absolute atomic E-state index is 0.147. The summed E-state index contributed by atoms with van der Waals surface area (Å²) >= 11 is 1.89. The number of hydrogen-bond acceptors (Lipinski definition) is 2. The molecule has 0 aliphatic heterocycles. The van der Waals surface area contributed by atoms with Gasteiger partial charge in [-0.1, -0.05) is 153 Å². The highest BCUT2D eigenvalue weighted by Crippen LogP contribution is 2.60. The first-order valence-electron chi connectivity index (χ1n) is 19.9. The van der Waals surface area contributed by atoms with Crippen LogP contribution in [-0.2, 0) is 17.3 Å². The third kappa shape index (κ3) is 4.20. The Labute approximate surface area is 332 Å². The van der Waals surface area contributed by atoms with Crippen LogP contribution in [0.15, 0.2) is 176 Å². The van der Waals surface area contributed by atoms with E-state index in [1.165, 1.54) is 104 Å². The number of hydrogen-bond donors (Lipinski definition) is 0. The molecule has 8 aromatic carbocycles. The van der Waals surface area contributed by atoms with E-state index < -0.39 is 0 Å². The van der Waals surface area contributed by atoms with E-state index in [1.807, 2.05) is 11.3 Å². The summed E-state index contributed by atoms with van der Waals surface area (Å²) in [7, 11) is 0. The molecule has 0 radical (unpaired) electrons. The predicted octanol–water partition coefficient (Wildman–Crippen LogP) is 14.8. The van der Waals surface area contributed by atoms with Gasteiger partial charge in [0.1, 0.15) is 0 Å². The highest BCUT2D eigenvalue weighted by Gasteiger charge is 2.48. The fourth-order valence-electron chi connectivity index (χ4n) is 11.0. The van der Waals surface area contributed by atoms with E-state index in [-0.39, 0.29) is 10.8 Å². The lowest BCUT2D eigenvalue weighted by Gasteiger charge is -2.33. The molecule has 0 saturated heterocycles. The molecule has 12 rings (SSSR count). The van der Waals surface area contributed by atoms with Gasteiger partial charge in [0.15, 0.2) is 0 Å². The maximum Gasteiger partial charge on any atom is 0.0555 e. The van der Waals surface area contributed by atoms with Crippen LogP contribution in [0.3, 0.4) is 0 Å². The lowest BCUT2D eigenvalue weighted by atomic mass is 9.73. The zero-order chi connectivity index (χ0) is 37.2. The molecule has 266 valence electrons. The van der Waals surface area contributed by atoms with Crippen LogP contribution in [0.2, 0.25) is 0 Å². The van der Waals surface area contributed by atoms with Gasteiger partial charge in [-0.05, 0) is 110 Å². The molecule has 2 heteroatoms. The number of nitrogens with zero attached hydrogens (tertiary/aromatic N) is 1. The second kappa shape index (κ2) is 11.6. The molecule has 1 atom stereocenters. The number of aryl methyl sites for hydroxylation is 1. The zero-order valence-electron chi connectivity index (χ0n) is 31.5. The summed E-state index contributed by atoms with van der Waals surface area (Å²) in [6, 6.07) is 66.6. The summed E-state index contributed by atoms with van der Waals surface area (Å²) in [4.78, 5) is 2.59. The Kier molecular flexibility index (Phi) is 6.67. The summed E-state index contributed by atoms with van der Waals surface area (Å²) in [5.41, 5.74) is 19.8. The van der Waals surface area contributed by atoms with E-state index in [1.54, 1.807) is 0 Å². The normalized spacial score (nSPS) is 16.8. The van der Waals surface area contributed by atoms with E-state index >= 15 is 0 Å². The van der Waals surface area contributed by atoms with E-state index in [0.717, 1.165) is 12.8 Å². The van der Waals surface area contributed by atoms with Crippen molar-refractivity contribution in [2.24, 2.45) is 0 Å². The third-order valence-electron chi connectivity index (χ3n) is 13.3. The largest absolute Gasteiger partial charge is 0.309 e. The van der Waals surface area contributed by atoms with Gasteiger partial charge in [-0.15, -0.1) is 11.3 Å². The molecule has 0 saturated carbocycles. The zero-order valence-corrected chi connectivity index (χ0v) is 32.3. The van der Waals surface area contributed by atoms with E-state index in [0.29, 0.717) is 0 Å². The van der Waals surface area contributed by atoms with Gasteiger partial charge in [0.05, 0.1) is 11.4 Å². The Morgan fingerprint density at radius 2 is 1.05 bits per heavy atom. The fraction of sp³-hybridized carbons (Fsp3) is 0.111. The standard InChI is InChI=1S/C54H39NS/c1-53(2)44-23-9-4-17-37(44)40-20-13-21-41(52(40)53)39-18-6-11-25-47(39)55(48-26-14-28-50-51(48)42-19-7-12-27-49(42)56-50)35-29-30-38-36-16-5-10-24-45(36)54(46(38)33-35)32-31-34-15-3-8-22-43(34)54/h3-30,33H,31-32H2,1-2H3. The maximum atomic E-state index is 2.59. The van der Waals surface area contributed by atoms with Gasteiger partial charge in [-0.2, -0.15) is 0 Å². The molecule has 0 N–H and O–H groups in total. The van der Waals surface area contributed by atoms with Crippen LogP contribution in [0.4, 0.5) is 17.1 Å². The molecule has 1 nitrogen and oxygen atoms in total. The van der Waals surface area contributed by atoms with Crippen molar-refractivity contribution in [1.29, 1.82) is 0 Å². The number of anilines is 3. The maximum absolute atomic E-state index is 2.59. The fourth-order valence-corrected chi connectivity index (χ4v) is 12.1. The Bertz CT molecular complexity index is 3090. The van der Waals surface area contributed by atoms with Crippen LogP contribution in [0, 0.1) is 0 Å². The van der Waals surface area contributed by atoms with Crippen molar-refractivity contribution in [3.63, 3.8) is 0 Å². The number of thiophene rings is 1. The molecular weight excluding hydrogens is 695 g/mol. The molecule has 1 unspecified atom stereocenters. The first-order chi connectivity index (χ1) is 27.5. The number of fused-ring (bicyclic) bond motifs is 13. The lowest BCUT2D eigenvalue weighted by molar-refractivity contribution is 0.626. The summed E-state index contributed by atoms with van der Waals surface area (Å²) in [6.07, 6.45) is 2.16. The summed E-state index contributed by atoms with van der Waals surface area (Å²) in [5.74, 6) is 0. The van der Waals surface area contributed by atoms with Crippen LogP contribution < -0.4 is 4.90 Å². The summed E-state index contributed by atoms with van der Waals surface area (Å²) in [6.45, 7) is 4.80. The highest BCUT2D eigenvalue weighted by molar-refractivity contribution is 7.26. The molecule has 3 aliphatic rings. The molecule has 1 aromatic heterocycles. The Morgan fingerprint density at radius 1 is 0.464 bits per heavy atom. The van der Waals surface area contributed by atoms with Gasteiger partial charge >= 0.3 is 0 Å². The summed E-state index contributed by atoms with van der Waals surface area (Å²) < 4.78 is 2.62. The van der Waals surface area contributed by atoms with Crippen molar-refractivity contribution in [2.75, 3.05) is 4.90 Å². The molecule has 0 amide bonds. The van der Waals surface area contributed by atoms with Crippen molar-refractivity contribution < 1.29 is 0 Å². The monoisotopic (exact) mass is 733 g/mol. The van der Waals surface area contributed by atoms with Crippen molar-refractivity contribution in [3.05, 3.63) is 209 Å². The molecule has 3 aliphatic carbocycles. The van der Waals surface area contributed by atoms with Crippen LogP contribution >= 0.6 is 11.3 Å². The van der Waals surface area contributed by atoms with E-state index in [4.69, 9.17) is 0 Å². The van der Waals surface area contributed by atoms with Gasteiger partial charge in [0, 0.05) is 42.3 Å². The van der Waals surface area contributed by atoms with Gasteiger partial charge in [0.25, 0.3) is 0 Å². The Morgan fingerprint density at radius 3 is 1.91 bits per heavy atom. The van der Waals surface area contributed by atoms with Crippen LogP contribution in [0.25, 0.3) is 53.6 Å². The molecule has 56 heavy (non-hydrogen) atoms. The molecular formula is C54H39NS.